The summed E-state index contributed by atoms with van der Waals surface area (Å²) in [5.74, 6) is 0.537. The normalized spacial score (nSPS) is 21.9. The predicted molar refractivity (Wildman–Crippen MR) is 105 cm³/mol. The molecule has 0 bridgehead atoms. The summed E-state index contributed by atoms with van der Waals surface area (Å²) in [6.07, 6.45) is 7.64. The van der Waals surface area contributed by atoms with Gasteiger partial charge >= 0.3 is 0 Å². The standard InChI is InChI=1S/C20H22N4O4S/c25-19-4-3-14-10-17(11-15-5-9-24(19)20(14)15)29(26,27)23-8-1-2-16(13-23)28-18-12-21-6-7-22-18/h6-7,10-12,16H,1-5,8-9,13H2. The minimum Gasteiger partial charge on any atom is -0.472 e. The van der Waals surface area contributed by atoms with E-state index in [-0.39, 0.29) is 18.6 Å². The summed E-state index contributed by atoms with van der Waals surface area (Å²) in [4.78, 5) is 22.3. The Morgan fingerprint density at radius 3 is 2.69 bits per heavy atom. The third-order valence-electron chi connectivity index (χ3n) is 5.83. The SMILES string of the molecule is O=C1CCc2cc(S(=O)(=O)N3CCCC(Oc4cnccn4)C3)cc3c2N1CC3. The average molecular weight is 414 g/mol. The maximum absolute atomic E-state index is 13.4. The van der Waals surface area contributed by atoms with E-state index in [9.17, 15) is 13.2 Å². The molecule has 1 aromatic heterocycles. The zero-order valence-corrected chi connectivity index (χ0v) is 16.8. The first-order valence-corrected chi connectivity index (χ1v) is 11.4. The molecule has 1 unspecified atom stereocenters. The Hall–Kier alpha value is -2.52. The molecular formula is C20H22N4O4S. The number of sulfonamides is 1. The highest BCUT2D eigenvalue weighted by Gasteiger charge is 2.36. The summed E-state index contributed by atoms with van der Waals surface area (Å²) in [5.41, 5.74) is 2.85. The number of benzene rings is 1. The molecule has 29 heavy (non-hydrogen) atoms. The molecule has 0 aliphatic carbocycles. The molecule has 5 rings (SSSR count). The Kier molecular flexibility index (Phi) is 4.51. The van der Waals surface area contributed by atoms with E-state index in [0.29, 0.717) is 43.1 Å². The maximum atomic E-state index is 13.4. The zero-order chi connectivity index (χ0) is 20.0. The Morgan fingerprint density at radius 2 is 1.90 bits per heavy atom. The van der Waals surface area contributed by atoms with E-state index in [1.165, 1.54) is 10.5 Å². The number of hydrogen-bond donors (Lipinski definition) is 0. The van der Waals surface area contributed by atoms with Gasteiger partial charge in [-0.1, -0.05) is 0 Å². The van der Waals surface area contributed by atoms with Crippen LogP contribution in [0.25, 0.3) is 0 Å². The number of anilines is 1. The van der Waals surface area contributed by atoms with Gasteiger partial charge in [-0.05, 0) is 48.9 Å². The number of piperidine rings is 1. The number of aryl methyl sites for hydroxylation is 1. The van der Waals surface area contributed by atoms with E-state index < -0.39 is 10.0 Å². The molecule has 0 N–H and O–H groups in total. The monoisotopic (exact) mass is 414 g/mol. The minimum atomic E-state index is -3.63. The second-order valence-electron chi connectivity index (χ2n) is 7.67. The fraction of sp³-hybridized carbons (Fsp3) is 0.450. The van der Waals surface area contributed by atoms with Crippen LogP contribution in [0.5, 0.6) is 5.88 Å². The quantitative estimate of drug-likeness (QED) is 0.754. The van der Waals surface area contributed by atoms with E-state index in [1.807, 2.05) is 0 Å². The summed E-state index contributed by atoms with van der Waals surface area (Å²) in [7, 11) is -3.63. The first-order chi connectivity index (χ1) is 14.0. The molecule has 152 valence electrons. The maximum Gasteiger partial charge on any atom is 0.243 e. The van der Waals surface area contributed by atoms with Crippen LogP contribution in [0.15, 0.2) is 35.6 Å². The van der Waals surface area contributed by atoms with Gasteiger partial charge < -0.3 is 9.64 Å². The number of hydrogen-bond acceptors (Lipinski definition) is 6. The van der Waals surface area contributed by atoms with Crippen LogP contribution >= 0.6 is 0 Å². The van der Waals surface area contributed by atoms with Gasteiger partial charge in [0.1, 0.15) is 6.10 Å². The van der Waals surface area contributed by atoms with Gasteiger partial charge in [0.25, 0.3) is 0 Å². The summed E-state index contributed by atoms with van der Waals surface area (Å²) in [6, 6.07) is 3.51. The van der Waals surface area contributed by atoms with Crippen molar-refractivity contribution in [1.82, 2.24) is 14.3 Å². The van der Waals surface area contributed by atoms with Crippen LogP contribution in [0, 0.1) is 0 Å². The van der Waals surface area contributed by atoms with Gasteiger partial charge in [0.05, 0.1) is 23.3 Å². The van der Waals surface area contributed by atoms with Crippen molar-refractivity contribution in [3.63, 3.8) is 0 Å². The summed E-state index contributed by atoms with van der Waals surface area (Å²) < 4.78 is 34.1. The highest BCUT2D eigenvalue weighted by molar-refractivity contribution is 7.89. The number of carbonyl (C=O) groups is 1. The lowest BCUT2D eigenvalue weighted by Crippen LogP contribution is -2.44. The number of rotatable bonds is 4. The van der Waals surface area contributed by atoms with Crippen molar-refractivity contribution in [2.45, 2.75) is 43.1 Å². The molecule has 2 aromatic rings. The highest BCUT2D eigenvalue weighted by Crippen LogP contribution is 2.39. The Labute approximate surface area is 169 Å². The van der Waals surface area contributed by atoms with E-state index in [2.05, 4.69) is 9.97 Å². The smallest absolute Gasteiger partial charge is 0.243 e. The van der Waals surface area contributed by atoms with Crippen LogP contribution in [-0.4, -0.2) is 54.3 Å². The number of carbonyl (C=O) groups excluding carboxylic acids is 1. The second kappa shape index (κ2) is 7.07. The van der Waals surface area contributed by atoms with Crippen LogP contribution in [0.4, 0.5) is 5.69 Å². The molecule has 0 spiro atoms. The van der Waals surface area contributed by atoms with E-state index >= 15 is 0 Å². The lowest BCUT2D eigenvalue weighted by Gasteiger charge is -2.32. The van der Waals surface area contributed by atoms with Crippen molar-refractivity contribution in [3.8, 4) is 5.88 Å². The van der Waals surface area contributed by atoms with Gasteiger partial charge in [0.15, 0.2) is 0 Å². The Morgan fingerprint density at radius 1 is 1.07 bits per heavy atom. The molecule has 1 aromatic carbocycles. The first-order valence-electron chi connectivity index (χ1n) is 9.91. The molecule has 9 heteroatoms. The van der Waals surface area contributed by atoms with Crippen LogP contribution in [-0.2, 0) is 27.7 Å². The molecule has 1 saturated heterocycles. The third kappa shape index (κ3) is 3.28. The predicted octanol–water partition coefficient (Wildman–Crippen LogP) is 1.54. The van der Waals surface area contributed by atoms with Gasteiger partial charge in [-0.15, -0.1) is 0 Å². The molecule has 0 radical (unpaired) electrons. The van der Waals surface area contributed by atoms with Crippen molar-refractivity contribution < 1.29 is 17.9 Å². The van der Waals surface area contributed by atoms with Crippen molar-refractivity contribution >= 4 is 21.6 Å². The number of aromatic nitrogens is 2. The van der Waals surface area contributed by atoms with Gasteiger partial charge in [0.2, 0.25) is 21.8 Å². The van der Waals surface area contributed by atoms with Gasteiger partial charge in [-0.3, -0.25) is 9.78 Å². The highest BCUT2D eigenvalue weighted by atomic mass is 32.2. The molecule has 3 aliphatic heterocycles. The van der Waals surface area contributed by atoms with Crippen molar-refractivity contribution in [1.29, 1.82) is 0 Å². The number of nitrogens with zero attached hydrogens (tertiary/aromatic N) is 4. The second-order valence-corrected chi connectivity index (χ2v) is 9.61. The van der Waals surface area contributed by atoms with Crippen LogP contribution in [0.2, 0.25) is 0 Å². The Bertz CT molecular complexity index is 1060. The molecule has 0 saturated carbocycles. The fourth-order valence-electron chi connectivity index (χ4n) is 4.46. The molecule has 8 nitrogen and oxygen atoms in total. The topological polar surface area (TPSA) is 92.7 Å². The summed E-state index contributed by atoms with van der Waals surface area (Å²) in [5, 5.41) is 0. The molecule has 4 heterocycles. The lowest BCUT2D eigenvalue weighted by molar-refractivity contribution is -0.118. The minimum absolute atomic E-state index is 0.131. The lowest BCUT2D eigenvalue weighted by atomic mass is 10.00. The van der Waals surface area contributed by atoms with E-state index in [4.69, 9.17) is 4.74 Å². The third-order valence-corrected chi connectivity index (χ3v) is 7.67. The molecular weight excluding hydrogens is 392 g/mol. The van der Waals surface area contributed by atoms with E-state index in [1.54, 1.807) is 29.4 Å². The average Bonchev–Trinajstić information content (AvgIpc) is 3.17. The molecule has 1 amide bonds. The van der Waals surface area contributed by atoms with Crippen molar-refractivity contribution in [2.75, 3.05) is 24.5 Å². The zero-order valence-electron chi connectivity index (χ0n) is 16.0. The summed E-state index contributed by atoms with van der Waals surface area (Å²) >= 11 is 0. The fourth-order valence-corrected chi connectivity index (χ4v) is 6.07. The first kappa shape index (κ1) is 18.5. The largest absolute Gasteiger partial charge is 0.472 e. The van der Waals surface area contributed by atoms with Gasteiger partial charge in [-0.2, -0.15) is 4.31 Å². The van der Waals surface area contributed by atoms with Gasteiger partial charge in [-0.25, -0.2) is 13.4 Å². The molecule has 1 atom stereocenters. The van der Waals surface area contributed by atoms with Crippen LogP contribution < -0.4 is 9.64 Å². The van der Waals surface area contributed by atoms with Crippen molar-refractivity contribution in [3.05, 3.63) is 41.9 Å². The molecule has 3 aliphatic rings. The number of amides is 1. The number of ether oxygens (including phenoxy) is 1. The van der Waals surface area contributed by atoms with Crippen molar-refractivity contribution in [2.24, 2.45) is 0 Å². The Balaban J connectivity index is 1.40. The summed E-state index contributed by atoms with van der Waals surface area (Å²) in [6.45, 7) is 1.40. The molecule has 1 fully saturated rings. The van der Waals surface area contributed by atoms with Crippen LogP contribution in [0.1, 0.15) is 30.4 Å². The van der Waals surface area contributed by atoms with Crippen LogP contribution in [0.3, 0.4) is 0 Å². The van der Waals surface area contributed by atoms with E-state index in [0.717, 1.165) is 29.7 Å². The van der Waals surface area contributed by atoms with Gasteiger partial charge in [0, 0.05) is 31.9 Å².